The van der Waals surface area contributed by atoms with Crippen molar-refractivity contribution in [3.8, 4) is 5.75 Å². The van der Waals surface area contributed by atoms with Gasteiger partial charge >= 0.3 is 0 Å². The van der Waals surface area contributed by atoms with Gasteiger partial charge in [-0.1, -0.05) is 36.4 Å². The van der Waals surface area contributed by atoms with Crippen LogP contribution in [-0.2, 0) is 33.7 Å². The molecule has 2 aromatic rings. The van der Waals surface area contributed by atoms with Crippen molar-refractivity contribution < 1.29 is 17.9 Å². The first kappa shape index (κ1) is 18.4. The second-order valence-electron chi connectivity index (χ2n) is 5.39. The minimum atomic E-state index is -3.41. The molecule has 5 nitrogen and oxygen atoms in total. The molecule has 0 amide bonds. The molecule has 0 aliphatic heterocycles. The molecule has 0 aliphatic rings. The molecule has 0 aromatic heterocycles. The fraction of sp³-hybridized carbons (Fsp3) is 0.333. The molecule has 0 unspecified atom stereocenters. The highest BCUT2D eigenvalue weighted by Crippen LogP contribution is 2.15. The van der Waals surface area contributed by atoms with Crippen LogP contribution in [0.1, 0.15) is 23.6 Å². The molecule has 0 saturated carbocycles. The third-order valence-corrected chi connectivity index (χ3v) is 4.78. The van der Waals surface area contributed by atoms with Crippen LogP contribution < -0.4 is 9.46 Å². The Balaban J connectivity index is 1.92. The zero-order valence-electron chi connectivity index (χ0n) is 14.0. The number of hydrogen-bond donors (Lipinski definition) is 1. The molecule has 0 spiro atoms. The van der Waals surface area contributed by atoms with Crippen LogP contribution in [0.4, 0.5) is 0 Å². The molecule has 0 saturated heterocycles. The van der Waals surface area contributed by atoms with Crippen molar-refractivity contribution in [1.29, 1.82) is 0 Å². The summed E-state index contributed by atoms with van der Waals surface area (Å²) in [6.07, 6.45) is 0. The van der Waals surface area contributed by atoms with Crippen molar-refractivity contribution in [3.63, 3.8) is 0 Å². The quantitative estimate of drug-likeness (QED) is 0.756. The predicted molar refractivity (Wildman–Crippen MR) is 94.2 cm³/mol. The van der Waals surface area contributed by atoms with Crippen LogP contribution >= 0.6 is 0 Å². The maximum absolute atomic E-state index is 12.2. The first-order chi connectivity index (χ1) is 11.5. The van der Waals surface area contributed by atoms with E-state index in [1.54, 1.807) is 31.4 Å². The van der Waals surface area contributed by atoms with Crippen molar-refractivity contribution >= 4 is 10.0 Å². The smallest absolute Gasteiger partial charge is 0.216 e. The highest BCUT2D eigenvalue weighted by atomic mass is 32.2. The summed E-state index contributed by atoms with van der Waals surface area (Å²) < 4.78 is 37.5. The molecule has 1 N–H and O–H groups in total. The van der Waals surface area contributed by atoms with Gasteiger partial charge in [-0.3, -0.25) is 0 Å². The topological polar surface area (TPSA) is 64.6 Å². The molecule has 0 fully saturated rings. The van der Waals surface area contributed by atoms with E-state index < -0.39 is 10.0 Å². The lowest BCUT2D eigenvalue weighted by molar-refractivity contribution is 0.134. The molecule has 0 radical (unpaired) electrons. The van der Waals surface area contributed by atoms with Gasteiger partial charge in [0.2, 0.25) is 10.0 Å². The monoisotopic (exact) mass is 349 g/mol. The van der Waals surface area contributed by atoms with Crippen molar-refractivity contribution in [2.45, 2.75) is 25.8 Å². The molecule has 0 bridgehead atoms. The van der Waals surface area contributed by atoms with Crippen molar-refractivity contribution in [2.75, 3.05) is 13.7 Å². The summed E-state index contributed by atoms with van der Waals surface area (Å²) in [6.45, 7) is 3.46. The van der Waals surface area contributed by atoms with E-state index >= 15 is 0 Å². The lowest BCUT2D eigenvalue weighted by atomic mass is 10.1. The molecule has 2 aromatic carbocycles. The van der Waals surface area contributed by atoms with Crippen LogP contribution in [-0.4, -0.2) is 22.1 Å². The molecule has 0 heterocycles. The first-order valence-corrected chi connectivity index (χ1v) is 9.43. The molecule has 0 aliphatic carbocycles. The van der Waals surface area contributed by atoms with E-state index in [4.69, 9.17) is 9.47 Å². The van der Waals surface area contributed by atoms with Gasteiger partial charge in [0, 0.05) is 13.2 Å². The number of rotatable bonds is 9. The first-order valence-electron chi connectivity index (χ1n) is 7.78. The lowest BCUT2D eigenvalue weighted by Crippen LogP contribution is -2.24. The number of sulfonamides is 1. The van der Waals surface area contributed by atoms with E-state index in [-0.39, 0.29) is 12.3 Å². The van der Waals surface area contributed by atoms with Gasteiger partial charge in [-0.25, -0.2) is 13.1 Å². The number of nitrogens with one attached hydrogen (secondary N) is 1. The van der Waals surface area contributed by atoms with Gasteiger partial charge in [0.25, 0.3) is 0 Å². The molecule has 2 rings (SSSR count). The summed E-state index contributed by atoms with van der Waals surface area (Å²) in [7, 11) is -1.86. The van der Waals surface area contributed by atoms with E-state index in [1.165, 1.54) is 0 Å². The van der Waals surface area contributed by atoms with E-state index in [1.807, 2.05) is 31.2 Å². The Morgan fingerprint density at radius 1 is 1.00 bits per heavy atom. The van der Waals surface area contributed by atoms with Crippen LogP contribution in [0.15, 0.2) is 48.5 Å². The van der Waals surface area contributed by atoms with Crippen molar-refractivity contribution in [3.05, 3.63) is 65.2 Å². The Morgan fingerprint density at radius 2 is 1.71 bits per heavy atom. The number of benzene rings is 2. The highest BCUT2D eigenvalue weighted by molar-refractivity contribution is 7.88. The average Bonchev–Trinajstić information content (AvgIpc) is 2.59. The predicted octanol–water partition coefficient (Wildman–Crippen LogP) is 2.85. The van der Waals surface area contributed by atoms with Gasteiger partial charge in [-0.05, 0) is 35.7 Å². The van der Waals surface area contributed by atoms with Gasteiger partial charge in [-0.2, -0.15) is 0 Å². The average molecular weight is 349 g/mol. The van der Waals surface area contributed by atoms with Gasteiger partial charge in [0.15, 0.2) is 0 Å². The Kier molecular flexibility index (Phi) is 6.78. The van der Waals surface area contributed by atoms with Gasteiger partial charge in [0.1, 0.15) is 5.75 Å². The lowest BCUT2D eigenvalue weighted by Gasteiger charge is -2.09. The second-order valence-corrected chi connectivity index (χ2v) is 7.19. The molecule has 24 heavy (non-hydrogen) atoms. The molecular formula is C18H23NO4S. The van der Waals surface area contributed by atoms with Crippen molar-refractivity contribution in [2.24, 2.45) is 0 Å². The summed E-state index contributed by atoms with van der Waals surface area (Å²) in [5, 5.41) is 0. The van der Waals surface area contributed by atoms with Crippen LogP contribution in [0.3, 0.4) is 0 Å². The summed E-state index contributed by atoms with van der Waals surface area (Å²) in [4.78, 5) is 0. The van der Waals surface area contributed by atoms with Crippen LogP contribution in [0.2, 0.25) is 0 Å². The maximum Gasteiger partial charge on any atom is 0.216 e. The fourth-order valence-electron chi connectivity index (χ4n) is 2.20. The van der Waals surface area contributed by atoms with Gasteiger partial charge in [0.05, 0.1) is 19.5 Å². The third-order valence-electron chi connectivity index (χ3n) is 3.48. The third kappa shape index (κ3) is 5.96. The maximum atomic E-state index is 12.2. The number of ether oxygens (including phenoxy) is 2. The normalized spacial score (nSPS) is 11.4. The Hall–Kier alpha value is -1.89. The Bertz CT molecular complexity index is 742. The number of hydrogen-bond acceptors (Lipinski definition) is 4. The van der Waals surface area contributed by atoms with E-state index in [0.29, 0.717) is 24.5 Å². The zero-order chi connectivity index (χ0) is 17.4. The van der Waals surface area contributed by atoms with E-state index in [2.05, 4.69) is 4.72 Å². The van der Waals surface area contributed by atoms with E-state index in [0.717, 1.165) is 11.1 Å². The largest absolute Gasteiger partial charge is 0.497 e. The second kappa shape index (κ2) is 8.82. The van der Waals surface area contributed by atoms with Crippen LogP contribution in [0.25, 0.3) is 0 Å². The van der Waals surface area contributed by atoms with Crippen LogP contribution in [0.5, 0.6) is 5.75 Å². The van der Waals surface area contributed by atoms with E-state index in [9.17, 15) is 8.42 Å². The van der Waals surface area contributed by atoms with Crippen LogP contribution in [0, 0.1) is 0 Å². The molecule has 0 atom stereocenters. The fourth-order valence-corrected chi connectivity index (χ4v) is 3.31. The van der Waals surface area contributed by atoms with Gasteiger partial charge < -0.3 is 9.47 Å². The summed E-state index contributed by atoms with van der Waals surface area (Å²) in [6, 6.07) is 14.8. The molecular weight excluding hydrogens is 326 g/mol. The minimum Gasteiger partial charge on any atom is -0.497 e. The number of methoxy groups -OCH3 is 1. The summed E-state index contributed by atoms with van der Waals surface area (Å²) in [5.41, 5.74) is 2.67. The molecule has 6 heteroatoms. The summed E-state index contributed by atoms with van der Waals surface area (Å²) in [5.74, 6) is 0.569. The Labute approximate surface area is 143 Å². The minimum absolute atomic E-state index is 0.0768. The SMILES string of the molecule is CCOCc1ccc(CNS(=O)(=O)Cc2cccc(OC)c2)cc1. The Morgan fingerprint density at radius 3 is 2.38 bits per heavy atom. The molecule has 130 valence electrons. The standard InChI is InChI=1S/C18H23NO4S/c1-3-23-13-16-9-7-15(8-10-16)12-19-24(20,21)14-17-5-4-6-18(11-17)22-2/h4-11,19H,3,12-14H2,1-2H3. The highest BCUT2D eigenvalue weighted by Gasteiger charge is 2.12. The van der Waals surface area contributed by atoms with Crippen molar-refractivity contribution in [1.82, 2.24) is 4.72 Å². The summed E-state index contributed by atoms with van der Waals surface area (Å²) >= 11 is 0. The van der Waals surface area contributed by atoms with Gasteiger partial charge in [-0.15, -0.1) is 0 Å². The zero-order valence-corrected chi connectivity index (χ0v) is 14.8.